The van der Waals surface area contributed by atoms with E-state index in [1.165, 1.54) is 17.5 Å². The Morgan fingerprint density at radius 3 is 3.00 bits per heavy atom. The van der Waals surface area contributed by atoms with Gasteiger partial charge in [-0.2, -0.15) is 0 Å². The van der Waals surface area contributed by atoms with Crippen LogP contribution in [0.15, 0.2) is 16.6 Å². The van der Waals surface area contributed by atoms with Crippen LogP contribution in [0.25, 0.3) is 0 Å². The van der Waals surface area contributed by atoms with Crippen LogP contribution in [0.2, 0.25) is 0 Å². The average Bonchev–Trinajstić information content (AvgIpc) is 2.20. The molecule has 0 unspecified atom stereocenters. The third-order valence-electron chi connectivity index (χ3n) is 2.79. The van der Waals surface area contributed by atoms with Crippen LogP contribution in [-0.2, 0) is 6.42 Å². The van der Waals surface area contributed by atoms with Gasteiger partial charge >= 0.3 is 0 Å². The smallest absolute Gasteiger partial charge is 0.123 e. The van der Waals surface area contributed by atoms with Gasteiger partial charge in [0.05, 0.1) is 7.11 Å². The third kappa shape index (κ3) is 1.55. The van der Waals surface area contributed by atoms with E-state index in [1.54, 1.807) is 7.11 Å². The Morgan fingerprint density at radius 2 is 2.29 bits per heavy atom. The van der Waals surface area contributed by atoms with E-state index in [4.69, 9.17) is 10.5 Å². The van der Waals surface area contributed by atoms with Crippen molar-refractivity contribution in [3.63, 3.8) is 0 Å². The Bertz CT molecular complexity index is 351. The van der Waals surface area contributed by atoms with Crippen molar-refractivity contribution in [2.24, 2.45) is 5.73 Å². The molecule has 0 saturated carbocycles. The molecule has 1 aliphatic carbocycles. The summed E-state index contributed by atoms with van der Waals surface area (Å²) >= 11 is 3.56. The fourth-order valence-corrected chi connectivity index (χ4v) is 2.64. The molecule has 0 aromatic heterocycles. The molecule has 0 aliphatic heterocycles. The zero-order valence-electron chi connectivity index (χ0n) is 8.22. The van der Waals surface area contributed by atoms with Crippen LogP contribution in [0.5, 0.6) is 5.75 Å². The van der Waals surface area contributed by atoms with Gasteiger partial charge in [-0.3, -0.25) is 0 Å². The molecule has 3 heteroatoms. The lowest BCUT2D eigenvalue weighted by Crippen LogP contribution is -2.18. The van der Waals surface area contributed by atoms with E-state index in [1.807, 2.05) is 12.1 Å². The highest BCUT2D eigenvalue weighted by molar-refractivity contribution is 9.10. The van der Waals surface area contributed by atoms with Crippen molar-refractivity contribution in [1.29, 1.82) is 0 Å². The average molecular weight is 256 g/mol. The second-order valence-electron chi connectivity index (χ2n) is 3.64. The summed E-state index contributed by atoms with van der Waals surface area (Å²) in [6, 6.07) is 4.15. The lowest BCUT2D eigenvalue weighted by atomic mass is 9.87. The largest absolute Gasteiger partial charge is 0.496 e. The minimum atomic E-state index is 0.131. The van der Waals surface area contributed by atoms with Crippen LogP contribution in [0.1, 0.15) is 30.0 Å². The summed E-state index contributed by atoms with van der Waals surface area (Å²) in [6.45, 7) is 0. The van der Waals surface area contributed by atoms with Crippen LogP contribution in [-0.4, -0.2) is 7.11 Å². The number of fused-ring (bicyclic) bond motifs is 1. The van der Waals surface area contributed by atoms with Crippen LogP contribution < -0.4 is 10.5 Å². The lowest BCUT2D eigenvalue weighted by molar-refractivity contribution is 0.398. The fraction of sp³-hybridized carbons (Fsp3) is 0.455. The molecule has 1 aliphatic rings. The molecule has 2 rings (SSSR count). The quantitative estimate of drug-likeness (QED) is 0.838. The summed E-state index contributed by atoms with van der Waals surface area (Å²) in [6.07, 6.45) is 3.32. The van der Waals surface area contributed by atoms with Gasteiger partial charge in [0.2, 0.25) is 0 Å². The first-order valence-electron chi connectivity index (χ1n) is 4.85. The SMILES string of the molecule is COc1ccc(Br)c2c1[C@@H](N)CCC2. The summed E-state index contributed by atoms with van der Waals surface area (Å²) in [7, 11) is 1.70. The topological polar surface area (TPSA) is 35.2 Å². The first kappa shape index (κ1) is 9.99. The molecule has 1 aromatic rings. The van der Waals surface area contributed by atoms with Crippen LogP contribution in [0.4, 0.5) is 0 Å². The maximum Gasteiger partial charge on any atom is 0.123 e. The van der Waals surface area contributed by atoms with Gasteiger partial charge in [0.15, 0.2) is 0 Å². The Kier molecular flexibility index (Phi) is 2.79. The fourth-order valence-electron chi connectivity index (χ4n) is 2.10. The van der Waals surface area contributed by atoms with Gasteiger partial charge in [0.1, 0.15) is 5.75 Å². The molecule has 0 radical (unpaired) electrons. The number of methoxy groups -OCH3 is 1. The second kappa shape index (κ2) is 3.91. The number of hydrogen-bond acceptors (Lipinski definition) is 2. The highest BCUT2D eigenvalue weighted by atomic mass is 79.9. The van der Waals surface area contributed by atoms with Gasteiger partial charge in [0, 0.05) is 16.1 Å². The van der Waals surface area contributed by atoms with E-state index < -0.39 is 0 Å². The normalized spacial score (nSPS) is 20.4. The molecule has 14 heavy (non-hydrogen) atoms. The molecular formula is C11H14BrNO. The molecule has 0 amide bonds. The number of benzene rings is 1. The second-order valence-corrected chi connectivity index (χ2v) is 4.49. The first-order chi connectivity index (χ1) is 6.74. The molecule has 0 spiro atoms. The van der Waals surface area contributed by atoms with Crippen molar-refractivity contribution >= 4 is 15.9 Å². The first-order valence-corrected chi connectivity index (χ1v) is 5.64. The van der Waals surface area contributed by atoms with E-state index in [0.29, 0.717) is 0 Å². The Hall–Kier alpha value is -0.540. The highest BCUT2D eigenvalue weighted by Crippen LogP contribution is 2.38. The number of nitrogens with two attached hydrogens (primary N) is 1. The Labute approximate surface area is 92.6 Å². The van der Waals surface area contributed by atoms with Crippen LogP contribution in [0, 0.1) is 0 Å². The van der Waals surface area contributed by atoms with E-state index in [9.17, 15) is 0 Å². The Morgan fingerprint density at radius 1 is 1.50 bits per heavy atom. The molecule has 1 atom stereocenters. The number of halogens is 1. The van der Waals surface area contributed by atoms with E-state index >= 15 is 0 Å². The molecule has 1 aromatic carbocycles. The minimum absolute atomic E-state index is 0.131. The molecule has 0 heterocycles. The van der Waals surface area contributed by atoms with E-state index in [0.717, 1.165) is 23.1 Å². The number of ether oxygens (including phenoxy) is 1. The summed E-state index contributed by atoms with van der Waals surface area (Å²) < 4.78 is 6.49. The zero-order chi connectivity index (χ0) is 10.1. The highest BCUT2D eigenvalue weighted by Gasteiger charge is 2.22. The predicted molar refractivity (Wildman–Crippen MR) is 60.6 cm³/mol. The van der Waals surface area contributed by atoms with Gasteiger partial charge in [0.25, 0.3) is 0 Å². The van der Waals surface area contributed by atoms with E-state index in [2.05, 4.69) is 15.9 Å². The summed E-state index contributed by atoms with van der Waals surface area (Å²) in [4.78, 5) is 0. The zero-order valence-corrected chi connectivity index (χ0v) is 9.80. The number of rotatable bonds is 1. The van der Waals surface area contributed by atoms with Crippen molar-refractivity contribution in [2.75, 3.05) is 7.11 Å². The summed E-state index contributed by atoms with van der Waals surface area (Å²) in [5.41, 5.74) is 8.60. The third-order valence-corrected chi connectivity index (χ3v) is 3.54. The van der Waals surface area contributed by atoms with Crippen LogP contribution >= 0.6 is 15.9 Å². The standard InChI is InChI=1S/C11H14BrNO/c1-14-10-6-5-8(12)7-3-2-4-9(13)11(7)10/h5-6,9H,2-4,13H2,1H3/t9-/m0/s1. The Balaban J connectivity index is 2.58. The molecule has 76 valence electrons. The van der Waals surface area contributed by atoms with Gasteiger partial charge in [-0.05, 0) is 37.0 Å². The molecule has 2 N–H and O–H groups in total. The minimum Gasteiger partial charge on any atom is -0.496 e. The van der Waals surface area contributed by atoms with Crippen molar-refractivity contribution in [3.05, 3.63) is 27.7 Å². The monoisotopic (exact) mass is 255 g/mol. The lowest BCUT2D eigenvalue weighted by Gasteiger charge is -2.25. The van der Waals surface area contributed by atoms with Crippen molar-refractivity contribution in [2.45, 2.75) is 25.3 Å². The summed E-state index contributed by atoms with van der Waals surface area (Å²) in [5, 5.41) is 0. The molecule has 0 bridgehead atoms. The molecule has 0 saturated heterocycles. The maximum absolute atomic E-state index is 6.09. The molecule has 0 fully saturated rings. The van der Waals surface area contributed by atoms with Gasteiger partial charge in [-0.15, -0.1) is 0 Å². The molecular weight excluding hydrogens is 242 g/mol. The maximum atomic E-state index is 6.09. The van der Waals surface area contributed by atoms with Crippen molar-refractivity contribution < 1.29 is 4.74 Å². The van der Waals surface area contributed by atoms with Gasteiger partial charge in [-0.1, -0.05) is 15.9 Å². The predicted octanol–water partition coefficient (Wildman–Crippen LogP) is 2.79. The number of hydrogen-bond donors (Lipinski definition) is 1. The van der Waals surface area contributed by atoms with Crippen molar-refractivity contribution in [3.8, 4) is 5.75 Å². The molecule has 2 nitrogen and oxygen atoms in total. The van der Waals surface area contributed by atoms with Crippen molar-refractivity contribution in [1.82, 2.24) is 0 Å². The van der Waals surface area contributed by atoms with Crippen LogP contribution in [0.3, 0.4) is 0 Å². The van der Waals surface area contributed by atoms with E-state index in [-0.39, 0.29) is 6.04 Å². The van der Waals surface area contributed by atoms with Gasteiger partial charge < -0.3 is 10.5 Å². The van der Waals surface area contributed by atoms with Gasteiger partial charge in [-0.25, -0.2) is 0 Å². The summed E-state index contributed by atoms with van der Waals surface area (Å²) in [5.74, 6) is 0.926.